The van der Waals surface area contributed by atoms with Crippen LogP contribution in [0, 0.1) is 18.3 Å². The fourth-order valence-corrected chi connectivity index (χ4v) is 3.06. The standard InChI is InChI=1S/C16H13BrN2O2S/c1-12-2-6-14(7-3-12)19-11-16(10-18)22(20,21)15-8-4-13(17)5-9-15/h2-9,11,19H,1H3/b16-11-. The molecule has 0 spiro atoms. The van der Waals surface area contributed by atoms with Gasteiger partial charge >= 0.3 is 0 Å². The monoisotopic (exact) mass is 376 g/mol. The largest absolute Gasteiger partial charge is 0.360 e. The van der Waals surface area contributed by atoms with Gasteiger partial charge in [0.2, 0.25) is 9.84 Å². The Morgan fingerprint density at radius 2 is 1.73 bits per heavy atom. The van der Waals surface area contributed by atoms with E-state index in [9.17, 15) is 8.42 Å². The minimum atomic E-state index is -3.83. The second kappa shape index (κ2) is 6.77. The van der Waals surface area contributed by atoms with E-state index in [1.807, 2.05) is 31.2 Å². The summed E-state index contributed by atoms with van der Waals surface area (Å²) in [5.41, 5.74) is 1.81. The van der Waals surface area contributed by atoms with E-state index in [1.54, 1.807) is 18.2 Å². The van der Waals surface area contributed by atoms with Crippen LogP contribution >= 0.6 is 15.9 Å². The summed E-state index contributed by atoms with van der Waals surface area (Å²) in [6.45, 7) is 1.96. The van der Waals surface area contributed by atoms with Crippen molar-refractivity contribution in [3.05, 3.63) is 69.7 Å². The zero-order valence-corrected chi connectivity index (χ0v) is 14.1. The molecule has 1 N–H and O–H groups in total. The third-order valence-corrected chi connectivity index (χ3v) is 5.15. The predicted molar refractivity (Wildman–Crippen MR) is 89.8 cm³/mol. The van der Waals surface area contributed by atoms with Crippen LogP contribution < -0.4 is 5.32 Å². The Kier molecular flexibility index (Phi) is 5.01. The highest BCUT2D eigenvalue weighted by atomic mass is 79.9. The van der Waals surface area contributed by atoms with E-state index in [2.05, 4.69) is 21.2 Å². The van der Waals surface area contributed by atoms with E-state index < -0.39 is 9.84 Å². The Hall–Kier alpha value is -2.10. The molecule has 4 nitrogen and oxygen atoms in total. The molecule has 6 heteroatoms. The molecular weight excluding hydrogens is 364 g/mol. The van der Waals surface area contributed by atoms with Crippen molar-refractivity contribution in [1.29, 1.82) is 5.26 Å². The van der Waals surface area contributed by atoms with Crippen LogP contribution in [0.4, 0.5) is 5.69 Å². The second-order valence-electron chi connectivity index (χ2n) is 4.59. The van der Waals surface area contributed by atoms with E-state index in [0.717, 1.165) is 10.0 Å². The van der Waals surface area contributed by atoms with E-state index >= 15 is 0 Å². The number of nitrogens with zero attached hydrogens (tertiary/aromatic N) is 1. The van der Waals surface area contributed by atoms with Gasteiger partial charge in [-0.05, 0) is 43.3 Å². The molecule has 0 amide bonds. The van der Waals surface area contributed by atoms with Crippen molar-refractivity contribution >= 4 is 31.5 Å². The van der Waals surface area contributed by atoms with Gasteiger partial charge in [-0.25, -0.2) is 8.42 Å². The smallest absolute Gasteiger partial charge is 0.218 e. The SMILES string of the molecule is Cc1ccc(N/C=C(/C#N)S(=O)(=O)c2ccc(Br)cc2)cc1. The quantitative estimate of drug-likeness (QED) is 0.818. The lowest BCUT2D eigenvalue weighted by molar-refractivity contribution is 0.603. The van der Waals surface area contributed by atoms with Gasteiger partial charge in [-0.3, -0.25) is 0 Å². The zero-order valence-electron chi connectivity index (χ0n) is 11.7. The van der Waals surface area contributed by atoms with Crippen molar-refractivity contribution in [1.82, 2.24) is 0 Å². The number of anilines is 1. The number of nitriles is 1. The van der Waals surface area contributed by atoms with Crippen molar-refractivity contribution in [2.75, 3.05) is 5.32 Å². The first-order valence-corrected chi connectivity index (χ1v) is 8.65. The number of allylic oxidation sites excluding steroid dienone is 1. The van der Waals surface area contributed by atoms with E-state index in [4.69, 9.17) is 5.26 Å². The van der Waals surface area contributed by atoms with Crippen LogP contribution in [0.5, 0.6) is 0 Å². The van der Waals surface area contributed by atoms with Crippen molar-refractivity contribution in [3.63, 3.8) is 0 Å². The van der Waals surface area contributed by atoms with Gasteiger partial charge in [-0.2, -0.15) is 5.26 Å². The molecule has 2 aromatic carbocycles. The molecule has 22 heavy (non-hydrogen) atoms. The second-order valence-corrected chi connectivity index (χ2v) is 7.42. The maximum absolute atomic E-state index is 12.4. The lowest BCUT2D eigenvalue weighted by Gasteiger charge is -2.05. The average Bonchev–Trinajstić information content (AvgIpc) is 2.50. The maximum Gasteiger partial charge on any atom is 0.218 e. The topological polar surface area (TPSA) is 70.0 Å². The van der Waals surface area contributed by atoms with Gasteiger partial charge in [0.05, 0.1) is 4.90 Å². The number of benzene rings is 2. The molecule has 0 heterocycles. The van der Waals surface area contributed by atoms with Crippen LogP contribution in [-0.2, 0) is 9.84 Å². The molecule has 0 atom stereocenters. The van der Waals surface area contributed by atoms with E-state index in [1.165, 1.54) is 18.3 Å². The molecule has 0 radical (unpaired) electrons. The van der Waals surface area contributed by atoms with Crippen LogP contribution in [0.2, 0.25) is 0 Å². The molecule has 0 saturated carbocycles. The summed E-state index contributed by atoms with van der Waals surface area (Å²) in [7, 11) is -3.83. The fraction of sp³-hybridized carbons (Fsp3) is 0.0625. The molecule has 0 unspecified atom stereocenters. The van der Waals surface area contributed by atoms with Gasteiger partial charge in [0, 0.05) is 16.4 Å². The van der Waals surface area contributed by atoms with Gasteiger partial charge in [0.15, 0.2) is 4.91 Å². The Balaban J connectivity index is 2.30. The van der Waals surface area contributed by atoms with Crippen LogP contribution in [-0.4, -0.2) is 8.42 Å². The van der Waals surface area contributed by atoms with E-state index in [0.29, 0.717) is 5.69 Å². The molecule has 0 aliphatic rings. The third kappa shape index (κ3) is 3.75. The first-order valence-electron chi connectivity index (χ1n) is 6.37. The normalized spacial score (nSPS) is 11.8. The van der Waals surface area contributed by atoms with Crippen molar-refractivity contribution in [2.24, 2.45) is 0 Å². The number of sulfone groups is 1. The Bertz CT molecular complexity index is 833. The van der Waals surface area contributed by atoms with Crippen LogP contribution in [0.25, 0.3) is 0 Å². The third-order valence-electron chi connectivity index (χ3n) is 2.95. The molecule has 0 fully saturated rings. The van der Waals surface area contributed by atoms with E-state index in [-0.39, 0.29) is 9.80 Å². The highest BCUT2D eigenvalue weighted by molar-refractivity contribution is 9.10. The summed E-state index contributed by atoms with van der Waals surface area (Å²) < 4.78 is 25.6. The van der Waals surface area contributed by atoms with Gasteiger partial charge in [-0.15, -0.1) is 0 Å². The predicted octanol–water partition coefficient (Wildman–Crippen LogP) is 4.01. The molecule has 2 aromatic rings. The molecule has 0 bridgehead atoms. The fourth-order valence-electron chi connectivity index (χ4n) is 1.71. The summed E-state index contributed by atoms with van der Waals surface area (Å²) in [4.78, 5) is -0.260. The summed E-state index contributed by atoms with van der Waals surface area (Å²) in [5.74, 6) is 0. The van der Waals surface area contributed by atoms with Gasteiger partial charge in [0.25, 0.3) is 0 Å². The molecule has 2 rings (SSSR count). The van der Waals surface area contributed by atoms with Crippen LogP contribution in [0.15, 0.2) is 69.0 Å². The average molecular weight is 377 g/mol. The summed E-state index contributed by atoms with van der Waals surface area (Å²) in [6, 6.07) is 15.3. The van der Waals surface area contributed by atoms with Crippen molar-refractivity contribution in [3.8, 4) is 6.07 Å². The minimum absolute atomic E-state index is 0.0780. The molecule has 0 aliphatic heterocycles. The molecule has 0 aromatic heterocycles. The highest BCUT2D eigenvalue weighted by Crippen LogP contribution is 2.21. The number of hydrogen-bond donors (Lipinski definition) is 1. The summed E-state index contributed by atoms with van der Waals surface area (Å²) >= 11 is 3.25. The van der Waals surface area contributed by atoms with Crippen molar-refractivity contribution < 1.29 is 8.42 Å². The van der Waals surface area contributed by atoms with Gasteiger partial charge in [0.1, 0.15) is 6.07 Å². The Morgan fingerprint density at radius 1 is 1.14 bits per heavy atom. The lowest BCUT2D eigenvalue weighted by atomic mass is 10.2. The highest BCUT2D eigenvalue weighted by Gasteiger charge is 2.20. The van der Waals surface area contributed by atoms with Crippen molar-refractivity contribution in [2.45, 2.75) is 11.8 Å². The summed E-state index contributed by atoms with van der Waals surface area (Å²) in [5, 5.41) is 12.0. The molecule has 112 valence electrons. The first-order chi connectivity index (χ1) is 10.4. The number of aryl methyl sites for hydroxylation is 1. The minimum Gasteiger partial charge on any atom is -0.360 e. The summed E-state index contributed by atoms with van der Waals surface area (Å²) in [6.07, 6.45) is 1.21. The number of hydrogen-bond acceptors (Lipinski definition) is 4. The molecular formula is C16H13BrN2O2S. The Morgan fingerprint density at radius 3 is 2.27 bits per heavy atom. The maximum atomic E-state index is 12.4. The first kappa shape index (κ1) is 16.3. The number of halogens is 1. The van der Waals surface area contributed by atoms with Gasteiger partial charge in [-0.1, -0.05) is 33.6 Å². The molecule has 0 aliphatic carbocycles. The number of nitrogens with one attached hydrogen (secondary N) is 1. The lowest BCUT2D eigenvalue weighted by Crippen LogP contribution is -2.05. The Labute approximate surface area is 138 Å². The van der Waals surface area contributed by atoms with Crippen LogP contribution in [0.3, 0.4) is 0 Å². The van der Waals surface area contributed by atoms with Crippen LogP contribution in [0.1, 0.15) is 5.56 Å². The zero-order chi connectivity index (χ0) is 16.2. The van der Waals surface area contributed by atoms with Gasteiger partial charge < -0.3 is 5.32 Å². The number of rotatable bonds is 4. The molecule has 0 saturated heterocycles.